The van der Waals surface area contributed by atoms with Gasteiger partial charge in [0, 0.05) is 12.8 Å². The molecule has 1 fully saturated rings. The molecule has 0 bridgehead atoms. The first-order chi connectivity index (χ1) is 36.2. The number of aliphatic hydroxyl groups is 5. The van der Waals surface area contributed by atoms with Crippen molar-refractivity contribution in [2.45, 2.75) is 346 Å². The van der Waals surface area contributed by atoms with Crippen LogP contribution in [0.1, 0.15) is 303 Å². The molecule has 0 aliphatic carbocycles. The maximum Gasteiger partial charge on any atom is 0.305 e. The van der Waals surface area contributed by atoms with Gasteiger partial charge in [0.05, 0.1) is 32.0 Å². The highest BCUT2D eigenvalue weighted by atomic mass is 16.7. The van der Waals surface area contributed by atoms with Crippen molar-refractivity contribution in [3.05, 3.63) is 24.3 Å². The molecule has 0 aromatic rings. The summed E-state index contributed by atoms with van der Waals surface area (Å²) in [7, 11) is 0. The molecule has 1 rings (SSSR count). The molecule has 0 radical (unpaired) electrons. The second kappa shape index (κ2) is 53.2. The van der Waals surface area contributed by atoms with Crippen LogP contribution < -0.4 is 5.32 Å². The van der Waals surface area contributed by atoms with Crippen LogP contribution in [0, 0.1) is 0 Å². The average molecular weight is 1050 g/mol. The van der Waals surface area contributed by atoms with Crippen LogP contribution in [0.25, 0.3) is 0 Å². The van der Waals surface area contributed by atoms with Gasteiger partial charge in [-0.3, -0.25) is 9.59 Å². The van der Waals surface area contributed by atoms with E-state index in [-0.39, 0.29) is 18.5 Å². The Morgan fingerprint density at radius 1 is 0.486 bits per heavy atom. The Morgan fingerprint density at radius 2 is 0.865 bits per heavy atom. The number of rotatable bonds is 55. The van der Waals surface area contributed by atoms with E-state index < -0.39 is 49.5 Å². The molecule has 1 aliphatic rings. The summed E-state index contributed by atoms with van der Waals surface area (Å²) in [5.41, 5.74) is 0. The van der Waals surface area contributed by atoms with E-state index >= 15 is 0 Å². The molecule has 7 unspecified atom stereocenters. The lowest BCUT2D eigenvalue weighted by Gasteiger charge is -2.40. The highest BCUT2D eigenvalue weighted by Gasteiger charge is 2.44. The summed E-state index contributed by atoms with van der Waals surface area (Å²) in [4.78, 5) is 25.1. The zero-order valence-corrected chi connectivity index (χ0v) is 48.1. The van der Waals surface area contributed by atoms with Crippen molar-refractivity contribution in [2.24, 2.45) is 0 Å². The fraction of sp³-hybridized carbons (Fsp3) is 0.905. The Hall–Kier alpha value is -1.86. The van der Waals surface area contributed by atoms with Gasteiger partial charge in [0.1, 0.15) is 24.4 Å². The van der Waals surface area contributed by atoms with E-state index in [0.29, 0.717) is 19.4 Å². The Labute approximate surface area is 454 Å². The Morgan fingerprint density at radius 3 is 1.30 bits per heavy atom. The Balaban J connectivity index is 1.99. The molecular formula is C63H119NO10. The Bertz CT molecular complexity index is 1280. The van der Waals surface area contributed by atoms with Crippen LogP contribution in [0.5, 0.6) is 0 Å². The molecule has 1 saturated heterocycles. The van der Waals surface area contributed by atoms with Crippen molar-refractivity contribution in [1.29, 1.82) is 0 Å². The number of carbonyl (C=O) groups excluding carboxylic acids is 2. The highest BCUT2D eigenvalue weighted by Crippen LogP contribution is 2.23. The quantitative estimate of drug-likeness (QED) is 0.0195. The maximum atomic E-state index is 13.0. The van der Waals surface area contributed by atoms with Crippen molar-refractivity contribution in [2.75, 3.05) is 19.8 Å². The predicted octanol–water partition coefficient (Wildman–Crippen LogP) is 14.9. The molecule has 1 aliphatic heterocycles. The molecule has 11 heteroatoms. The summed E-state index contributed by atoms with van der Waals surface area (Å²) in [5.74, 6) is -0.205. The minimum Gasteiger partial charge on any atom is -0.466 e. The van der Waals surface area contributed by atoms with Crippen molar-refractivity contribution < 1.29 is 49.3 Å². The molecule has 7 atom stereocenters. The first kappa shape index (κ1) is 70.2. The van der Waals surface area contributed by atoms with Gasteiger partial charge in [-0.1, -0.05) is 256 Å². The van der Waals surface area contributed by atoms with E-state index in [1.54, 1.807) is 6.08 Å². The number of hydrogen-bond acceptors (Lipinski definition) is 10. The van der Waals surface area contributed by atoms with E-state index in [0.717, 1.165) is 89.9 Å². The van der Waals surface area contributed by atoms with Gasteiger partial charge < -0.3 is 45.1 Å². The predicted molar refractivity (Wildman–Crippen MR) is 306 cm³/mol. The third kappa shape index (κ3) is 42.2. The number of esters is 1. The smallest absolute Gasteiger partial charge is 0.305 e. The number of amides is 1. The number of unbranched alkanes of at least 4 members (excludes halogenated alkanes) is 39. The molecule has 0 aromatic carbocycles. The largest absolute Gasteiger partial charge is 0.466 e. The SMILES string of the molecule is CCCCCCCCC/C=C/C(O)C(COC1OC(CO)C(O)C(O)C1O)NC(=O)CCCCCCC/C=C\CCCCCCCCCCCOC(=O)CCCCCCCCCCCCCCCCCCCCC. The fourth-order valence-corrected chi connectivity index (χ4v) is 10.0. The van der Waals surface area contributed by atoms with Crippen LogP contribution in [0.4, 0.5) is 0 Å². The minimum atomic E-state index is -1.57. The van der Waals surface area contributed by atoms with E-state index in [2.05, 4.69) is 31.3 Å². The number of ether oxygens (including phenoxy) is 3. The van der Waals surface area contributed by atoms with Crippen molar-refractivity contribution in [1.82, 2.24) is 5.32 Å². The van der Waals surface area contributed by atoms with Gasteiger partial charge in [0.15, 0.2) is 6.29 Å². The highest BCUT2D eigenvalue weighted by molar-refractivity contribution is 5.76. The topological polar surface area (TPSA) is 175 Å². The lowest BCUT2D eigenvalue weighted by molar-refractivity contribution is -0.302. The van der Waals surface area contributed by atoms with Gasteiger partial charge in [0.2, 0.25) is 5.91 Å². The second-order valence-electron chi connectivity index (χ2n) is 22.1. The lowest BCUT2D eigenvalue weighted by Crippen LogP contribution is -2.60. The van der Waals surface area contributed by atoms with Crippen LogP contribution in [0.2, 0.25) is 0 Å². The first-order valence-corrected chi connectivity index (χ1v) is 31.6. The van der Waals surface area contributed by atoms with Gasteiger partial charge >= 0.3 is 5.97 Å². The second-order valence-corrected chi connectivity index (χ2v) is 22.1. The third-order valence-electron chi connectivity index (χ3n) is 15.1. The molecule has 436 valence electrons. The molecule has 6 N–H and O–H groups in total. The van der Waals surface area contributed by atoms with Crippen LogP contribution in [0.15, 0.2) is 24.3 Å². The molecule has 1 heterocycles. The monoisotopic (exact) mass is 1050 g/mol. The van der Waals surface area contributed by atoms with Crippen LogP contribution in [-0.2, 0) is 23.8 Å². The zero-order chi connectivity index (χ0) is 53.8. The number of carbonyl (C=O) groups is 2. The normalized spacial score (nSPS) is 18.9. The number of allylic oxidation sites excluding steroid dienone is 3. The molecule has 11 nitrogen and oxygen atoms in total. The van der Waals surface area contributed by atoms with Crippen LogP contribution in [0.3, 0.4) is 0 Å². The summed E-state index contributed by atoms with van der Waals surface area (Å²) < 4.78 is 16.7. The number of nitrogens with one attached hydrogen (secondary N) is 1. The number of hydrogen-bond donors (Lipinski definition) is 6. The maximum absolute atomic E-state index is 13.0. The molecule has 74 heavy (non-hydrogen) atoms. The molecular weight excluding hydrogens is 931 g/mol. The van der Waals surface area contributed by atoms with E-state index in [4.69, 9.17) is 14.2 Å². The third-order valence-corrected chi connectivity index (χ3v) is 15.1. The van der Waals surface area contributed by atoms with Crippen molar-refractivity contribution >= 4 is 11.9 Å². The van der Waals surface area contributed by atoms with Crippen molar-refractivity contribution in [3.63, 3.8) is 0 Å². The molecule has 0 aromatic heterocycles. The number of aliphatic hydroxyl groups excluding tert-OH is 5. The van der Waals surface area contributed by atoms with E-state index in [1.807, 2.05) is 6.08 Å². The summed E-state index contributed by atoms with van der Waals surface area (Å²) in [6.07, 6.45) is 54.4. The fourth-order valence-electron chi connectivity index (χ4n) is 10.0. The van der Waals surface area contributed by atoms with Gasteiger partial charge in [-0.25, -0.2) is 0 Å². The molecule has 0 saturated carbocycles. The van der Waals surface area contributed by atoms with Gasteiger partial charge in [-0.05, 0) is 57.8 Å². The summed E-state index contributed by atoms with van der Waals surface area (Å²) >= 11 is 0. The standard InChI is InChI=1S/C63H119NO10/c1-3-5-7-9-11-13-14-15-16-17-18-22-25-28-31-35-39-43-47-51-59(68)72-52-48-44-40-36-32-29-26-23-20-19-21-24-27-30-34-38-42-46-50-58(67)64-55(56(66)49-45-41-37-33-12-10-8-6-4-2)54-73-63-62(71)61(70)60(69)57(53-65)74-63/h21,24,45,49,55-57,60-63,65-66,69-71H,3-20,22-23,25-44,46-48,50-54H2,1-2H3,(H,64,67)/b24-21-,49-45+. The van der Waals surface area contributed by atoms with Gasteiger partial charge in [0.25, 0.3) is 0 Å². The van der Waals surface area contributed by atoms with Crippen molar-refractivity contribution in [3.8, 4) is 0 Å². The Kier molecular flexibility index (Phi) is 50.4. The molecule has 0 spiro atoms. The average Bonchev–Trinajstić information content (AvgIpc) is 3.40. The van der Waals surface area contributed by atoms with Crippen LogP contribution >= 0.6 is 0 Å². The lowest BCUT2D eigenvalue weighted by atomic mass is 9.99. The van der Waals surface area contributed by atoms with Crippen LogP contribution in [-0.4, -0.2) is 100 Å². The van der Waals surface area contributed by atoms with Gasteiger partial charge in [-0.15, -0.1) is 0 Å². The van der Waals surface area contributed by atoms with E-state index in [1.165, 1.54) is 186 Å². The summed E-state index contributed by atoms with van der Waals surface area (Å²) in [6.45, 7) is 4.31. The minimum absolute atomic E-state index is 0.00793. The zero-order valence-electron chi connectivity index (χ0n) is 48.1. The first-order valence-electron chi connectivity index (χ1n) is 31.6. The van der Waals surface area contributed by atoms with Gasteiger partial charge in [-0.2, -0.15) is 0 Å². The summed E-state index contributed by atoms with van der Waals surface area (Å²) in [6, 6.07) is -0.818. The molecule has 1 amide bonds. The summed E-state index contributed by atoms with van der Waals surface area (Å²) in [5, 5.41) is 54.2. The van der Waals surface area contributed by atoms with E-state index in [9.17, 15) is 35.1 Å².